The molecule has 2 saturated carbocycles. The Morgan fingerprint density at radius 1 is 0.521 bits per heavy atom. The second-order valence-electron chi connectivity index (χ2n) is 20.3. The summed E-state index contributed by atoms with van der Waals surface area (Å²) >= 11 is 6.69. The van der Waals surface area contributed by atoms with Gasteiger partial charge in [0.2, 0.25) is 11.6 Å². The molecule has 2 fully saturated rings. The van der Waals surface area contributed by atoms with Gasteiger partial charge in [-0.25, -0.2) is 0 Å². The number of para-hydroxylation sites is 1. The molecular weight excluding hydrogens is 904 g/mol. The van der Waals surface area contributed by atoms with Crippen molar-refractivity contribution < 1.29 is 29.3 Å². The smallest absolute Gasteiger partial charge is 0.200 e. The first-order valence-corrected chi connectivity index (χ1v) is 26.8. The molecule has 3 aliphatic rings. The Balaban J connectivity index is 1.07. The van der Waals surface area contributed by atoms with Crippen LogP contribution in [0.4, 0.5) is 22.7 Å². The van der Waals surface area contributed by atoms with Gasteiger partial charge in [0, 0.05) is 17.8 Å². The first-order chi connectivity index (χ1) is 34.6. The van der Waals surface area contributed by atoms with Crippen molar-refractivity contribution in [2.24, 2.45) is 11.8 Å². The van der Waals surface area contributed by atoms with Crippen molar-refractivity contribution in [3.8, 4) is 34.5 Å². The van der Waals surface area contributed by atoms with Crippen molar-refractivity contribution in [1.82, 2.24) is 0 Å². The van der Waals surface area contributed by atoms with E-state index in [0.29, 0.717) is 39.7 Å². The zero-order chi connectivity index (χ0) is 49.4. The number of phenols is 2. The third kappa shape index (κ3) is 11.3. The highest BCUT2D eigenvalue weighted by Gasteiger charge is 2.41. The number of nitrogens with one attached hydrogen (secondary N) is 2. The Morgan fingerprint density at radius 3 is 1.42 bits per heavy atom. The summed E-state index contributed by atoms with van der Waals surface area (Å²) < 4.78 is 12.9. The molecule has 0 radical (unpaired) electrons. The lowest BCUT2D eigenvalue weighted by molar-refractivity contribution is 0.0974. The SMILES string of the molecule is CCCCc1ccc(Nc2cc(Oc3ccc(C4CCC(CCCC)CC4)cc3)c(O)c3c2C(=O)c2c(O)c(Oc4ccc(C5CCC(CCCC)CC5)cc4)cc(Nc4ccccc4Cl)c2C3=O)cc1. The van der Waals surface area contributed by atoms with Crippen LogP contribution in [0.15, 0.2) is 109 Å². The van der Waals surface area contributed by atoms with E-state index in [1.54, 1.807) is 30.3 Å². The largest absolute Gasteiger partial charge is 0.504 e. The second-order valence-corrected chi connectivity index (χ2v) is 20.7. The molecular formula is C62H69ClN2O6. The fourth-order valence-electron chi connectivity index (χ4n) is 11.2. The molecule has 0 unspecified atom stereocenters. The number of hydrogen-bond donors (Lipinski definition) is 4. The number of rotatable bonds is 19. The minimum Gasteiger partial charge on any atom is -0.504 e. The molecule has 71 heavy (non-hydrogen) atoms. The van der Waals surface area contributed by atoms with E-state index in [-0.39, 0.29) is 45.1 Å². The van der Waals surface area contributed by atoms with E-state index in [1.165, 1.54) is 87.0 Å². The Bertz CT molecular complexity index is 2810. The van der Waals surface area contributed by atoms with Gasteiger partial charge in [-0.3, -0.25) is 9.59 Å². The molecule has 6 aromatic rings. The van der Waals surface area contributed by atoms with E-state index in [9.17, 15) is 10.2 Å². The summed E-state index contributed by atoms with van der Waals surface area (Å²) in [7, 11) is 0. The van der Waals surface area contributed by atoms with Crippen molar-refractivity contribution in [2.45, 2.75) is 142 Å². The first kappa shape index (κ1) is 49.7. The standard InChI is InChI=1S/C62H69ClN2O6/c1-4-7-12-39-17-23-42(24-18-39)44-27-33-47(34-28-44)70-53-37-51(64-46-31-21-41(22-32-46)14-9-6-3)55-57(59(53)66)62(69)56-52(65-50-16-11-10-15-49(50)63)38-54(60(67)58(56)61(55)68)71-48-35-29-45(30-36-48)43-25-19-40(20-26-43)13-8-5-2/h10-11,15-16,21-22,27-40,42-43,64-67H,4-9,12-14,17-20,23-26H2,1-3H3. The first-order valence-electron chi connectivity index (χ1n) is 26.4. The van der Waals surface area contributed by atoms with E-state index in [0.717, 1.165) is 56.8 Å². The molecule has 0 aliphatic heterocycles. The molecule has 9 heteroatoms. The number of ketones is 2. The number of halogens is 1. The van der Waals surface area contributed by atoms with E-state index < -0.39 is 23.1 Å². The number of carbonyl (C=O) groups excluding carboxylic acids is 2. The summed E-state index contributed by atoms with van der Waals surface area (Å²) in [5.74, 6) is 1.14. The predicted octanol–water partition coefficient (Wildman–Crippen LogP) is 17.9. The number of phenolic OH excluding ortho intramolecular Hbond substituents is 2. The predicted molar refractivity (Wildman–Crippen MR) is 288 cm³/mol. The number of benzene rings is 6. The minimum absolute atomic E-state index is 0.00243. The number of fused-ring (bicyclic) bond motifs is 2. The summed E-state index contributed by atoms with van der Waals surface area (Å²) in [6.07, 6.45) is 20.4. The Morgan fingerprint density at radius 2 is 0.972 bits per heavy atom. The van der Waals surface area contributed by atoms with Gasteiger partial charge >= 0.3 is 0 Å². The molecule has 8 nitrogen and oxygen atoms in total. The van der Waals surface area contributed by atoms with Crippen LogP contribution in [-0.2, 0) is 6.42 Å². The molecule has 0 atom stereocenters. The summed E-state index contributed by atoms with van der Waals surface area (Å²) in [4.78, 5) is 30.6. The van der Waals surface area contributed by atoms with Crippen LogP contribution in [0.3, 0.4) is 0 Å². The Kier molecular flexibility index (Phi) is 16.0. The van der Waals surface area contributed by atoms with Crippen molar-refractivity contribution in [3.63, 3.8) is 0 Å². The maximum absolute atomic E-state index is 15.3. The zero-order valence-electron chi connectivity index (χ0n) is 41.6. The number of aryl methyl sites for hydroxylation is 1. The van der Waals surface area contributed by atoms with Crippen LogP contribution in [0.1, 0.15) is 184 Å². The summed E-state index contributed by atoms with van der Waals surface area (Å²) in [5.41, 5.74) is 4.49. The fraction of sp³-hybridized carbons (Fsp3) is 0.387. The normalized spacial score (nSPS) is 18.6. The Labute approximate surface area is 425 Å². The van der Waals surface area contributed by atoms with Crippen LogP contribution in [0, 0.1) is 11.8 Å². The average Bonchev–Trinajstić information content (AvgIpc) is 3.39. The van der Waals surface area contributed by atoms with Crippen LogP contribution >= 0.6 is 11.6 Å². The van der Waals surface area contributed by atoms with E-state index in [1.807, 2.05) is 48.5 Å². The number of aromatic hydroxyl groups is 2. The van der Waals surface area contributed by atoms with E-state index in [2.05, 4.69) is 55.7 Å². The molecule has 3 aliphatic carbocycles. The van der Waals surface area contributed by atoms with Crippen LogP contribution in [0.5, 0.6) is 34.5 Å². The summed E-state index contributed by atoms with van der Waals surface area (Å²) in [5, 5.41) is 31.5. The lowest BCUT2D eigenvalue weighted by Crippen LogP contribution is -2.24. The Hall–Kier alpha value is -6.25. The number of unbranched alkanes of at least 4 members (excludes halogenated alkanes) is 3. The molecule has 370 valence electrons. The van der Waals surface area contributed by atoms with Gasteiger partial charge in [0.15, 0.2) is 23.0 Å². The van der Waals surface area contributed by atoms with Crippen molar-refractivity contribution >= 4 is 45.9 Å². The average molecular weight is 974 g/mol. The molecule has 6 aromatic carbocycles. The number of ether oxygens (including phenoxy) is 2. The van der Waals surface area contributed by atoms with Gasteiger partial charge in [0.1, 0.15) is 11.5 Å². The van der Waals surface area contributed by atoms with Gasteiger partial charge < -0.3 is 30.3 Å². The summed E-state index contributed by atoms with van der Waals surface area (Å²) in [6, 6.07) is 34.0. The molecule has 0 aromatic heterocycles. The highest BCUT2D eigenvalue weighted by molar-refractivity contribution is 6.35. The van der Waals surface area contributed by atoms with Crippen LogP contribution < -0.4 is 20.1 Å². The zero-order valence-corrected chi connectivity index (χ0v) is 42.4. The molecule has 0 spiro atoms. The third-order valence-corrected chi connectivity index (χ3v) is 15.7. The molecule has 0 amide bonds. The highest BCUT2D eigenvalue weighted by Crippen LogP contribution is 2.51. The van der Waals surface area contributed by atoms with Gasteiger partial charge in [0.25, 0.3) is 0 Å². The molecule has 9 rings (SSSR count). The van der Waals surface area contributed by atoms with E-state index in [4.69, 9.17) is 21.1 Å². The highest BCUT2D eigenvalue weighted by atomic mass is 35.5. The van der Waals surface area contributed by atoms with Gasteiger partial charge in [-0.1, -0.05) is 126 Å². The lowest BCUT2D eigenvalue weighted by atomic mass is 9.77. The maximum Gasteiger partial charge on any atom is 0.200 e. The van der Waals surface area contributed by atoms with Crippen molar-refractivity contribution in [2.75, 3.05) is 10.6 Å². The monoisotopic (exact) mass is 972 g/mol. The van der Waals surface area contributed by atoms with Crippen LogP contribution in [0.2, 0.25) is 5.02 Å². The van der Waals surface area contributed by atoms with E-state index >= 15 is 9.59 Å². The van der Waals surface area contributed by atoms with Crippen molar-refractivity contribution in [3.05, 3.63) is 153 Å². The number of hydrogen-bond acceptors (Lipinski definition) is 8. The second kappa shape index (κ2) is 22.9. The van der Waals surface area contributed by atoms with Crippen LogP contribution in [0.25, 0.3) is 0 Å². The molecule has 0 saturated heterocycles. The quantitative estimate of drug-likeness (QED) is 0.0592. The minimum atomic E-state index is -0.689. The third-order valence-electron chi connectivity index (χ3n) is 15.4. The van der Waals surface area contributed by atoms with Crippen molar-refractivity contribution in [1.29, 1.82) is 0 Å². The molecule has 0 heterocycles. The topological polar surface area (TPSA) is 117 Å². The van der Waals surface area contributed by atoms with Gasteiger partial charge in [-0.05, 0) is 153 Å². The summed E-state index contributed by atoms with van der Waals surface area (Å²) in [6.45, 7) is 6.67. The van der Waals surface area contributed by atoms with Gasteiger partial charge in [0.05, 0.1) is 44.3 Å². The maximum atomic E-state index is 15.3. The van der Waals surface area contributed by atoms with Gasteiger partial charge in [-0.15, -0.1) is 0 Å². The number of carbonyl (C=O) groups is 2. The molecule has 4 N–H and O–H groups in total. The van der Waals surface area contributed by atoms with Gasteiger partial charge in [-0.2, -0.15) is 0 Å². The lowest BCUT2D eigenvalue weighted by Gasteiger charge is -2.29. The molecule has 0 bridgehead atoms. The fourth-order valence-corrected chi connectivity index (χ4v) is 11.4. The number of anilines is 4. The van der Waals surface area contributed by atoms with Crippen LogP contribution in [-0.4, -0.2) is 21.8 Å².